The number of benzene rings is 1. The third-order valence-corrected chi connectivity index (χ3v) is 4.80. The Morgan fingerprint density at radius 2 is 1.96 bits per heavy atom. The third kappa shape index (κ3) is 6.31. The van der Waals surface area contributed by atoms with Crippen molar-refractivity contribution in [3.05, 3.63) is 50.1 Å². The molecule has 0 amide bonds. The van der Waals surface area contributed by atoms with Gasteiger partial charge in [0.25, 0.3) is 0 Å². The van der Waals surface area contributed by atoms with Crippen molar-refractivity contribution >= 4 is 57.2 Å². The molecule has 23 heavy (non-hydrogen) atoms. The van der Waals surface area contributed by atoms with Crippen LogP contribution in [0.25, 0.3) is 0 Å². The van der Waals surface area contributed by atoms with Crippen LogP contribution in [0.5, 0.6) is 5.75 Å². The number of rotatable bonds is 5. The largest absolute Gasteiger partial charge is 0.496 e. The van der Waals surface area contributed by atoms with Crippen molar-refractivity contribution in [1.29, 1.82) is 0 Å². The number of aryl methyl sites for hydroxylation is 1. The maximum absolute atomic E-state index is 5.42. The molecule has 1 aromatic carbocycles. The second-order valence-electron chi connectivity index (χ2n) is 4.80. The summed E-state index contributed by atoms with van der Waals surface area (Å²) in [5.41, 5.74) is 2.29. The average Bonchev–Trinajstić information content (AvgIpc) is 2.94. The summed E-state index contributed by atoms with van der Waals surface area (Å²) in [6.45, 7) is 3.47. The van der Waals surface area contributed by atoms with E-state index < -0.39 is 0 Å². The van der Waals surface area contributed by atoms with Gasteiger partial charge in [-0.2, -0.15) is 0 Å². The van der Waals surface area contributed by atoms with Gasteiger partial charge in [0.05, 0.1) is 17.4 Å². The SMILES string of the molecule is CN=C(NCc1ccc(Br)s1)NCc1ccc(C)cc1OC.I. The lowest BCUT2D eigenvalue weighted by atomic mass is 10.1. The van der Waals surface area contributed by atoms with Gasteiger partial charge in [0.2, 0.25) is 0 Å². The van der Waals surface area contributed by atoms with E-state index in [4.69, 9.17) is 4.74 Å². The molecule has 0 atom stereocenters. The van der Waals surface area contributed by atoms with Gasteiger partial charge in [0.1, 0.15) is 5.75 Å². The van der Waals surface area contributed by atoms with Crippen LogP contribution in [0, 0.1) is 6.92 Å². The zero-order chi connectivity index (χ0) is 15.9. The molecule has 0 saturated heterocycles. The van der Waals surface area contributed by atoms with E-state index in [1.54, 1.807) is 25.5 Å². The number of guanidine groups is 1. The summed E-state index contributed by atoms with van der Waals surface area (Å²) in [5.74, 6) is 1.66. The predicted octanol–water partition coefficient (Wildman–Crippen LogP) is 4.31. The van der Waals surface area contributed by atoms with Gasteiger partial charge in [-0.1, -0.05) is 12.1 Å². The molecule has 1 heterocycles. The highest BCUT2D eigenvalue weighted by Gasteiger charge is 2.05. The van der Waals surface area contributed by atoms with E-state index in [0.717, 1.165) is 27.6 Å². The number of halogens is 2. The molecular formula is C16H21BrIN3OS. The maximum Gasteiger partial charge on any atom is 0.191 e. The first kappa shape index (κ1) is 20.2. The number of hydrogen-bond donors (Lipinski definition) is 2. The average molecular weight is 510 g/mol. The predicted molar refractivity (Wildman–Crippen MR) is 112 cm³/mol. The number of thiophene rings is 1. The first-order chi connectivity index (χ1) is 10.6. The van der Waals surface area contributed by atoms with Crippen LogP contribution in [-0.4, -0.2) is 20.1 Å². The van der Waals surface area contributed by atoms with Gasteiger partial charge in [-0.15, -0.1) is 35.3 Å². The molecule has 0 aliphatic rings. The lowest BCUT2D eigenvalue weighted by Crippen LogP contribution is -2.36. The Hall–Kier alpha value is -0.800. The quantitative estimate of drug-likeness (QED) is 0.358. The van der Waals surface area contributed by atoms with E-state index >= 15 is 0 Å². The monoisotopic (exact) mass is 509 g/mol. The maximum atomic E-state index is 5.42. The highest BCUT2D eigenvalue weighted by molar-refractivity contribution is 14.0. The highest BCUT2D eigenvalue weighted by Crippen LogP contribution is 2.22. The number of ether oxygens (including phenoxy) is 1. The van der Waals surface area contributed by atoms with Crippen LogP contribution in [0.2, 0.25) is 0 Å². The van der Waals surface area contributed by atoms with Crippen LogP contribution in [0.4, 0.5) is 0 Å². The molecule has 0 spiro atoms. The van der Waals surface area contributed by atoms with E-state index in [9.17, 15) is 0 Å². The number of nitrogens with zero attached hydrogens (tertiary/aromatic N) is 1. The molecule has 0 radical (unpaired) electrons. The van der Waals surface area contributed by atoms with Crippen LogP contribution < -0.4 is 15.4 Å². The molecule has 0 saturated carbocycles. The van der Waals surface area contributed by atoms with Crippen LogP contribution >= 0.6 is 51.2 Å². The Morgan fingerprint density at radius 1 is 1.22 bits per heavy atom. The lowest BCUT2D eigenvalue weighted by molar-refractivity contribution is 0.408. The van der Waals surface area contributed by atoms with Crippen molar-refractivity contribution in [3.63, 3.8) is 0 Å². The molecule has 0 unspecified atom stereocenters. The minimum Gasteiger partial charge on any atom is -0.496 e. The van der Waals surface area contributed by atoms with Crippen molar-refractivity contribution in [2.45, 2.75) is 20.0 Å². The molecule has 0 fully saturated rings. The second-order valence-corrected chi connectivity index (χ2v) is 7.35. The van der Waals surface area contributed by atoms with Gasteiger partial charge < -0.3 is 15.4 Å². The van der Waals surface area contributed by atoms with E-state index in [1.165, 1.54) is 10.4 Å². The fourth-order valence-electron chi connectivity index (χ4n) is 2.01. The first-order valence-corrected chi connectivity index (χ1v) is 8.55. The van der Waals surface area contributed by atoms with Crippen LogP contribution in [0.1, 0.15) is 16.0 Å². The molecule has 2 aromatic rings. The Bertz CT molecular complexity index is 661. The summed E-state index contributed by atoms with van der Waals surface area (Å²) in [6.07, 6.45) is 0. The van der Waals surface area contributed by atoms with Crippen LogP contribution in [-0.2, 0) is 13.1 Å². The zero-order valence-corrected chi connectivity index (χ0v) is 18.1. The summed E-state index contributed by atoms with van der Waals surface area (Å²) in [6, 6.07) is 10.3. The standard InChI is InChI=1S/C16H20BrN3OS.HI/c1-11-4-5-12(14(8-11)21-3)9-19-16(18-2)20-10-13-6-7-15(17)22-13;/h4-8H,9-10H2,1-3H3,(H2,18,19,20);1H. The number of nitrogens with one attached hydrogen (secondary N) is 2. The summed E-state index contributed by atoms with van der Waals surface area (Å²) in [7, 11) is 3.46. The van der Waals surface area contributed by atoms with Gasteiger partial charge in [0, 0.05) is 24.0 Å². The Kier molecular flexibility index (Phi) is 8.93. The van der Waals surface area contributed by atoms with Gasteiger partial charge in [0.15, 0.2) is 5.96 Å². The Morgan fingerprint density at radius 3 is 2.57 bits per heavy atom. The van der Waals surface area contributed by atoms with Gasteiger partial charge in [-0.05, 0) is 46.6 Å². The van der Waals surface area contributed by atoms with Gasteiger partial charge in [-0.25, -0.2) is 0 Å². The molecule has 126 valence electrons. The Balaban J connectivity index is 0.00000264. The molecule has 4 nitrogen and oxygen atoms in total. The molecule has 0 aliphatic carbocycles. The van der Waals surface area contributed by atoms with Gasteiger partial charge >= 0.3 is 0 Å². The molecule has 7 heteroatoms. The summed E-state index contributed by atoms with van der Waals surface area (Å²) < 4.78 is 6.56. The Labute approximate surface area is 166 Å². The van der Waals surface area contributed by atoms with Gasteiger partial charge in [-0.3, -0.25) is 4.99 Å². The smallest absolute Gasteiger partial charge is 0.191 e. The van der Waals surface area contributed by atoms with Crippen molar-refractivity contribution < 1.29 is 4.74 Å². The van der Waals surface area contributed by atoms with E-state index in [-0.39, 0.29) is 24.0 Å². The summed E-state index contributed by atoms with van der Waals surface area (Å²) >= 11 is 5.18. The molecule has 0 bridgehead atoms. The molecule has 0 aliphatic heterocycles. The molecule has 1 aromatic heterocycles. The summed E-state index contributed by atoms with van der Waals surface area (Å²) in [4.78, 5) is 5.50. The number of aliphatic imine (C=N–C) groups is 1. The zero-order valence-electron chi connectivity index (χ0n) is 13.4. The first-order valence-electron chi connectivity index (χ1n) is 6.94. The van der Waals surface area contributed by atoms with Crippen LogP contribution in [0.3, 0.4) is 0 Å². The second kappa shape index (κ2) is 10.1. The van der Waals surface area contributed by atoms with Crippen molar-refractivity contribution in [2.75, 3.05) is 14.2 Å². The van der Waals surface area contributed by atoms with Crippen molar-refractivity contribution in [3.8, 4) is 5.75 Å². The fraction of sp³-hybridized carbons (Fsp3) is 0.312. The van der Waals surface area contributed by atoms with E-state index in [1.807, 2.05) is 6.07 Å². The normalized spacial score (nSPS) is 10.9. The minimum atomic E-state index is 0. The van der Waals surface area contributed by atoms with Crippen molar-refractivity contribution in [1.82, 2.24) is 10.6 Å². The van der Waals surface area contributed by atoms with E-state index in [0.29, 0.717) is 6.54 Å². The molecule has 2 rings (SSSR count). The highest BCUT2D eigenvalue weighted by atomic mass is 127. The molecule has 2 N–H and O–H groups in total. The fourth-order valence-corrected chi connectivity index (χ4v) is 3.44. The van der Waals surface area contributed by atoms with E-state index in [2.05, 4.69) is 62.7 Å². The number of methoxy groups -OCH3 is 1. The third-order valence-electron chi connectivity index (χ3n) is 3.17. The molecular weight excluding hydrogens is 489 g/mol. The topological polar surface area (TPSA) is 45.7 Å². The lowest BCUT2D eigenvalue weighted by Gasteiger charge is -2.13. The van der Waals surface area contributed by atoms with Crippen LogP contribution in [0.15, 0.2) is 39.1 Å². The van der Waals surface area contributed by atoms with Crippen molar-refractivity contribution in [2.24, 2.45) is 4.99 Å². The minimum absolute atomic E-state index is 0. The number of hydrogen-bond acceptors (Lipinski definition) is 3. The summed E-state index contributed by atoms with van der Waals surface area (Å²) in [5, 5.41) is 6.61.